The van der Waals surface area contributed by atoms with E-state index in [2.05, 4.69) is 15.3 Å². The lowest BCUT2D eigenvalue weighted by molar-refractivity contribution is -0.135. The van der Waals surface area contributed by atoms with E-state index >= 15 is 0 Å². The molecule has 2 heterocycles. The van der Waals surface area contributed by atoms with E-state index in [0.717, 1.165) is 0 Å². The van der Waals surface area contributed by atoms with Gasteiger partial charge in [-0.1, -0.05) is 27.7 Å². The van der Waals surface area contributed by atoms with Crippen LogP contribution in [0.5, 0.6) is 0 Å². The van der Waals surface area contributed by atoms with Crippen molar-refractivity contribution in [2.24, 2.45) is 11.8 Å². The SMILES string of the molecule is CC(C)C1NC(=O)C(C(C)C)N(c2cncnc2)C1=O. The number of piperazine rings is 1. The Hall–Kier alpha value is -1.98. The summed E-state index contributed by atoms with van der Waals surface area (Å²) in [5.74, 6) is -0.186. The average Bonchev–Trinajstić information content (AvgIpc) is 2.40. The number of carbonyl (C=O) groups is 2. The Morgan fingerprint density at radius 1 is 1.10 bits per heavy atom. The molecule has 6 heteroatoms. The van der Waals surface area contributed by atoms with Crippen LogP contribution >= 0.6 is 0 Å². The van der Waals surface area contributed by atoms with E-state index in [1.165, 1.54) is 11.2 Å². The van der Waals surface area contributed by atoms with Crippen LogP contribution in [-0.4, -0.2) is 33.9 Å². The Labute approximate surface area is 118 Å². The second-order valence-corrected chi connectivity index (χ2v) is 5.72. The zero-order chi connectivity index (χ0) is 14.9. The van der Waals surface area contributed by atoms with Crippen molar-refractivity contribution in [2.75, 3.05) is 4.90 Å². The second-order valence-electron chi connectivity index (χ2n) is 5.72. The summed E-state index contributed by atoms with van der Waals surface area (Å²) in [6.07, 6.45) is 4.54. The molecule has 2 rings (SSSR count). The molecule has 1 fully saturated rings. The number of nitrogens with zero attached hydrogens (tertiary/aromatic N) is 3. The second kappa shape index (κ2) is 5.56. The Kier molecular flexibility index (Phi) is 4.01. The van der Waals surface area contributed by atoms with E-state index in [9.17, 15) is 9.59 Å². The van der Waals surface area contributed by atoms with Crippen LogP contribution in [-0.2, 0) is 9.59 Å². The third-order valence-corrected chi connectivity index (χ3v) is 3.47. The number of aromatic nitrogens is 2. The van der Waals surface area contributed by atoms with E-state index in [1.54, 1.807) is 12.4 Å². The first-order valence-electron chi connectivity index (χ1n) is 6.82. The molecule has 6 nitrogen and oxygen atoms in total. The molecule has 2 atom stereocenters. The number of carbonyl (C=O) groups excluding carboxylic acids is 2. The Balaban J connectivity index is 2.45. The smallest absolute Gasteiger partial charge is 0.250 e. The molecule has 0 aliphatic carbocycles. The standard InChI is InChI=1S/C14H20N4O2/c1-8(2)11-14(20)18(10-5-15-7-16-6-10)12(9(3)4)13(19)17-11/h5-9,11-12H,1-4H3,(H,17,19). The summed E-state index contributed by atoms with van der Waals surface area (Å²) in [6, 6.07) is -1.03. The first-order valence-corrected chi connectivity index (χ1v) is 6.82. The van der Waals surface area contributed by atoms with Gasteiger partial charge in [0.05, 0.1) is 18.1 Å². The maximum Gasteiger partial charge on any atom is 0.250 e. The van der Waals surface area contributed by atoms with Gasteiger partial charge in [-0.3, -0.25) is 14.5 Å². The first kappa shape index (κ1) is 14.4. The summed E-state index contributed by atoms with van der Waals surface area (Å²) in [7, 11) is 0. The molecule has 0 saturated carbocycles. The lowest BCUT2D eigenvalue weighted by Crippen LogP contribution is -2.66. The normalized spacial score (nSPS) is 23.4. The van der Waals surface area contributed by atoms with Gasteiger partial charge in [-0.25, -0.2) is 9.97 Å². The molecule has 0 aromatic carbocycles. The molecule has 1 aliphatic heterocycles. The monoisotopic (exact) mass is 276 g/mol. The van der Waals surface area contributed by atoms with Gasteiger partial charge >= 0.3 is 0 Å². The maximum atomic E-state index is 12.7. The highest BCUT2D eigenvalue weighted by molar-refractivity contribution is 6.08. The van der Waals surface area contributed by atoms with Gasteiger partial charge < -0.3 is 5.32 Å². The predicted molar refractivity (Wildman–Crippen MR) is 74.9 cm³/mol. The van der Waals surface area contributed by atoms with Crippen LogP contribution in [0.15, 0.2) is 18.7 Å². The fraction of sp³-hybridized carbons (Fsp3) is 0.571. The lowest BCUT2D eigenvalue weighted by atomic mass is 9.92. The third-order valence-electron chi connectivity index (χ3n) is 3.47. The van der Waals surface area contributed by atoms with Crippen molar-refractivity contribution in [1.82, 2.24) is 15.3 Å². The third kappa shape index (κ3) is 2.50. The van der Waals surface area contributed by atoms with E-state index in [1.807, 2.05) is 27.7 Å². The van der Waals surface area contributed by atoms with Crippen LogP contribution in [0.4, 0.5) is 5.69 Å². The minimum Gasteiger partial charge on any atom is -0.342 e. The van der Waals surface area contributed by atoms with Gasteiger partial charge in [0.25, 0.3) is 5.91 Å². The molecular formula is C14H20N4O2. The van der Waals surface area contributed by atoms with Crippen molar-refractivity contribution >= 4 is 17.5 Å². The number of anilines is 1. The maximum absolute atomic E-state index is 12.7. The fourth-order valence-corrected chi connectivity index (χ4v) is 2.46. The largest absolute Gasteiger partial charge is 0.342 e. The number of hydrogen-bond donors (Lipinski definition) is 1. The van der Waals surface area contributed by atoms with E-state index < -0.39 is 12.1 Å². The summed E-state index contributed by atoms with van der Waals surface area (Å²) < 4.78 is 0. The van der Waals surface area contributed by atoms with Gasteiger partial charge in [0, 0.05) is 0 Å². The highest BCUT2D eigenvalue weighted by Gasteiger charge is 2.43. The van der Waals surface area contributed by atoms with Gasteiger partial charge in [0.2, 0.25) is 5.91 Å². The van der Waals surface area contributed by atoms with Crippen molar-refractivity contribution in [3.05, 3.63) is 18.7 Å². The predicted octanol–water partition coefficient (Wildman–Crippen LogP) is 0.989. The molecule has 0 radical (unpaired) electrons. The van der Waals surface area contributed by atoms with Crippen LogP contribution in [0.2, 0.25) is 0 Å². The summed E-state index contributed by atoms with van der Waals surface area (Å²) in [6.45, 7) is 7.67. The minimum absolute atomic E-state index is 0.00673. The van der Waals surface area contributed by atoms with Gasteiger partial charge in [-0.05, 0) is 11.8 Å². The molecule has 108 valence electrons. The number of nitrogens with one attached hydrogen (secondary N) is 1. The quantitative estimate of drug-likeness (QED) is 0.893. The highest BCUT2D eigenvalue weighted by Crippen LogP contribution is 2.25. The number of rotatable bonds is 3. The summed E-state index contributed by atoms with van der Waals surface area (Å²) >= 11 is 0. The minimum atomic E-state index is -0.525. The Morgan fingerprint density at radius 3 is 2.20 bits per heavy atom. The van der Waals surface area contributed by atoms with Gasteiger partial charge in [0.1, 0.15) is 18.4 Å². The van der Waals surface area contributed by atoms with E-state index in [-0.39, 0.29) is 23.7 Å². The molecule has 2 unspecified atom stereocenters. The van der Waals surface area contributed by atoms with Crippen LogP contribution in [0, 0.1) is 11.8 Å². The molecular weight excluding hydrogens is 256 g/mol. The molecule has 0 spiro atoms. The van der Waals surface area contributed by atoms with Gasteiger partial charge in [-0.2, -0.15) is 0 Å². The van der Waals surface area contributed by atoms with Crippen molar-refractivity contribution in [3.63, 3.8) is 0 Å². The van der Waals surface area contributed by atoms with Gasteiger partial charge in [-0.15, -0.1) is 0 Å². The molecule has 1 N–H and O–H groups in total. The molecule has 1 saturated heterocycles. The lowest BCUT2D eigenvalue weighted by Gasteiger charge is -2.41. The summed E-state index contributed by atoms with van der Waals surface area (Å²) in [5, 5.41) is 2.83. The Morgan fingerprint density at radius 2 is 1.70 bits per heavy atom. The van der Waals surface area contributed by atoms with Crippen molar-refractivity contribution in [1.29, 1.82) is 0 Å². The fourth-order valence-electron chi connectivity index (χ4n) is 2.46. The van der Waals surface area contributed by atoms with Crippen molar-refractivity contribution < 1.29 is 9.59 Å². The molecule has 1 aromatic rings. The van der Waals surface area contributed by atoms with E-state index in [0.29, 0.717) is 5.69 Å². The zero-order valence-electron chi connectivity index (χ0n) is 12.2. The first-order chi connectivity index (χ1) is 9.43. The summed E-state index contributed by atoms with van der Waals surface area (Å²) in [4.78, 5) is 34.4. The van der Waals surface area contributed by atoms with Crippen LogP contribution in [0.3, 0.4) is 0 Å². The van der Waals surface area contributed by atoms with Crippen LogP contribution in [0.25, 0.3) is 0 Å². The number of amides is 2. The van der Waals surface area contributed by atoms with E-state index in [4.69, 9.17) is 0 Å². The van der Waals surface area contributed by atoms with Crippen molar-refractivity contribution in [2.45, 2.75) is 39.8 Å². The number of hydrogen-bond acceptors (Lipinski definition) is 4. The molecule has 0 bridgehead atoms. The highest BCUT2D eigenvalue weighted by atomic mass is 16.2. The van der Waals surface area contributed by atoms with Crippen LogP contribution in [0.1, 0.15) is 27.7 Å². The zero-order valence-corrected chi connectivity index (χ0v) is 12.2. The topological polar surface area (TPSA) is 75.2 Å². The Bertz CT molecular complexity index is 501. The van der Waals surface area contributed by atoms with Gasteiger partial charge in [0.15, 0.2) is 0 Å². The average molecular weight is 276 g/mol. The molecule has 20 heavy (non-hydrogen) atoms. The van der Waals surface area contributed by atoms with Crippen LogP contribution < -0.4 is 10.2 Å². The van der Waals surface area contributed by atoms with Crippen molar-refractivity contribution in [3.8, 4) is 0 Å². The summed E-state index contributed by atoms with van der Waals surface area (Å²) in [5.41, 5.74) is 0.566. The molecule has 2 amide bonds. The molecule has 1 aromatic heterocycles. The molecule has 1 aliphatic rings.